The van der Waals surface area contributed by atoms with Crippen molar-refractivity contribution in [2.24, 2.45) is 4.99 Å². The van der Waals surface area contributed by atoms with Crippen LogP contribution in [0.4, 0.5) is 0 Å². The SMILES string of the molecule is CN=C(NCCC1=CCOCC1)N1CCN(Cc2cc(C)on2)CC1. The van der Waals surface area contributed by atoms with Crippen molar-refractivity contribution in [3.8, 4) is 0 Å². The lowest BCUT2D eigenvalue weighted by Crippen LogP contribution is -2.52. The Morgan fingerprint density at radius 1 is 1.32 bits per heavy atom. The normalized spacial score (nSPS) is 19.8. The highest BCUT2D eigenvalue weighted by Crippen LogP contribution is 2.12. The molecular weight excluding hydrogens is 318 g/mol. The van der Waals surface area contributed by atoms with E-state index >= 15 is 0 Å². The van der Waals surface area contributed by atoms with Gasteiger partial charge in [0.2, 0.25) is 0 Å². The van der Waals surface area contributed by atoms with E-state index in [-0.39, 0.29) is 0 Å². The quantitative estimate of drug-likeness (QED) is 0.494. The summed E-state index contributed by atoms with van der Waals surface area (Å²) >= 11 is 0. The fourth-order valence-electron chi connectivity index (χ4n) is 3.30. The summed E-state index contributed by atoms with van der Waals surface area (Å²) in [5.41, 5.74) is 2.50. The van der Waals surface area contributed by atoms with Crippen molar-refractivity contribution in [1.29, 1.82) is 0 Å². The molecule has 0 aliphatic carbocycles. The number of aromatic nitrogens is 1. The van der Waals surface area contributed by atoms with E-state index in [1.54, 1.807) is 0 Å². The molecule has 3 heterocycles. The molecule has 2 aliphatic heterocycles. The molecule has 0 amide bonds. The molecule has 3 rings (SSSR count). The first-order chi connectivity index (χ1) is 12.2. The van der Waals surface area contributed by atoms with Crippen LogP contribution >= 0.6 is 0 Å². The monoisotopic (exact) mass is 347 g/mol. The van der Waals surface area contributed by atoms with Crippen LogP contribution in [0.25, 0.3) is 0 Å². The number of rotatable bonds is 5. The van der Waals surface area contributed by atoms with Crippen molar-refractivity contribution < 1.29 is 9.26 Å². The predicted molar refractivity (Wildman–Crippen MR) is 97.6 cm³/mol. The number of guanidine groups is 1. The van der Waals surface area contributed by atoms with Gasteiger partial charge in [0, 0.05) is 52.4 Å². The maximum atomic E-state index is 5.35. The summed E-state index contributed by atoms with van der Waals surface area (Å²) in [6.45, 7) is 9.31. The average Bonchev–Trinajstić information content (AvgIpc) is 3.05. The standard InChI is InChI=1S/C18H29N5O2/c1-15-13-17(21-25-15)14-22-7-9-23(10-8-22)18(19-2)20-6-3-16-4-11-24-12-5-16/h4,13H,3,5-12,14H2,1-2H3,(H,19,20). The Morgan fingerprint density at radius 3 is 2.80 bits per heavy atom. The molecule has 25 heavy (non-hydrogen) atoms. The lowest BCUT2D eigenvalue weighted by molar-refractivity contribution is 0.153. The van der Waals surface area contributed by atoms with E-state index < -0.39 is 0 Å². The Labute approximate surface area is 149 Å². The van der Waals surface area contributed by atoms with Crippen LogP contribution in [0, 0.1) is 6.92 Å². The Balaban J connectivity index is 1.40. The number of aryl methyl sites for hydroxylation is 1. The van der Waals surface area contributed by atoms with Gasteiger partial charge in [0.25, 0.3) is 0 Å². The minimum atomic E-state index is 0.761. The van der Waals surface area contributed by atoms with Crippen LogP contribution in [0.3, 0.4) is 0 Å². The lowest BCUT2D eigenvalue weighted by atomic mass is 10.1. The molecule has 1 aromatic rings. The molecule has 1 saturated heterocycles. The summed E-state index contributed by atoms with van der Waals surface area (Å²) in [6, 6.07) is 2.01. The highest BCUT2D eigenvalue weighted by atomic mass is 16.5. The van der Waals surface area contributed by atoms with Gasteiger partial charge in [-0.05, 0) is 19.8 Å². The smallest absolute Gasteiger partial charge is 0.193 e. The van der Waals surface area contributed by atoms with Gasteiger partial charge in [0.15, 0.2) is 5.96 Å². The van der Waals surface area contributed by atoms with Crippen LogP contribution in [0.15, 0.2) is 27.2 Å². The number of nitrogens with one attached hydrogen (secondary N) is 1. The number of ether oxygens (including phenoxy) is 1. The topological polar surface area (TPSA) is 66.1 Å². The molecule has 1 fully saturated rings. The molecule has 2 aliphatic rings. The molecule has 0 aromatic carbocycles. The van der Waals surface area contributed by atoms with Crippen molar-refractivity contribution in [1.82, 2.24) is 20.3 Å². The van der Waals surface area contributed by atoms with Crippen molar-refractivity contribution >= 4 is 5.96 Å². The second-order valence-electron chi connectivity index (χ2n) is 6.60. The molecule has 0 unspecified atom stereocenters. The largest absolute Gasteiger partial charge is 0.377 e. The van der Waals surface area contributed by atoms with Gasteiger partial charge in [0.05, 0.1) is 18.9 Å². The van der Waals surface area contributed by atoms with Gasteiger partial charge in [-0.3, -0.25) is 9.89 Å². The van der Waals surface area contributed by atoms with Crippen molar-refractivity contribution in [2.45, 2.75) is 26.3 Å². The molecule has 0 spiro atoms. The van der Waals surface area contributed by atoms with Crippen LogP contribution in [-0.4, -0.2) is 73.9 Å². The average molecular weight is 347 g/mol. The third-order valence-electron chi connectivity index (χ3n) is 4.73. The first-order valence-corrected chi connectivity index (χ1v) is 9.10. The predicted octanol–water partition coefficient (Wildman–Crippen LogP) is 1.41. The zero-order valence-electron chi connectivity index (χ0n) is 15.3. The number of piperazine rings is 1. The maximum Gasteiger partial charge on any atom is 0.193 e. The summed E-state index contributed by atoms with van der Waals surface area (Å²) in [4.78, 5) is 9.20. The first kappa shape index (κ1) is 17.9. The van der Waals surface area contributed by atoms with Crippen LogP contribution in [-0.2, 0) is 11.3 Å². The Morgan fingerprint density at radius 2 is 2.16 bits per heavy atom. The molecule has 0 atom stereocenters. The van der Waals surface area contributed by atoms with Crippen molar-refractivity contribution in [3.63, 3.8) is 0 Å². The number of hydrogen-bond acceptors (Lipinski definition) is 5. The fourth-order valence-corrected chi connectivity index (χ4v) is 3.30. The zero-order chi connectivity index (χ0) is 17.5. The highest BCUT2D eigenvalue weighted by Gasteiger charge is 2.20. The number of aliphatic imine (C=N–C) groups is 1. The first-order valence-electron chi connectivity index (χ1n) is 9.10. The third-order valence-corrected chi connectivity index (χ3v) is 4.73. The molecule has 0 saturated carbocycles. The van der Waals surface area contributed by atoms with Gasteiger partial charge in [-0.1, -0.05) is 16.8 Å². The zero-order valence-corrected chi connectivity index (χ0v) is 15.3. The van der Waals surface area contributed by atoms with Gasteiger partial charge < -0.3 is 19.5 Å². The van der Waals surface area contributed by atoms with Crippen LogP contribution < -0.4 is 5.32 Å². The van der Waals surface area contributed by atoms with Crippen LogP contribution in [0.5, 0.6) is 0 Å². The van der Waals surface area contributed by atoms with Gasteiger partial charge in [-0.2, -0.15) is 0 Å². The molecule has 1 N–H and O–H groups in total. The van der Waals surface area contributed by atoms with E-state index in [1.165, 1.54) is 5.57 Å². The summed E-state index contributed by atoms with van der Waals surface area (Å²) in [6.07, 6.45) is 4.33. The Bertz CT molecular complexity index is 602. The molecule has 0 bridgehead atoms. The van der Waals surface area contributed by atoms with Crippen LogP contribution in [0.1, 0.15) is 24.3 Å². The van der Waals surface area contributed by atoms with Gasteiger partial charge in [0.1, 0.15) is 5.76 Å². The summed E-state index contributed by atoms with van der Waals surface area (Å²) < 4.78 is 10.5. The van der Waals surface area contributed by atoms with E-state index in [9.17, 15) is 0 Å². The van der Waals surface area contributed by atoms with Gasteiger partial charge in [-0.15, -0.1) is 0 Å². The summed E-state index contributed by atoms with van der Waals surface area (Å²) in [5.74, 6) is 1.88. The maximum absolute atomic E-state index is 5.35. The summed E-state index contributed by atoms with van der Waals surface area (Å²) in [7, 11) is 1.86. The Kier molecular flexibility index (Phi) is 6.47. The van der Waals surface area contributed by atoms with E-state index in [4.69, 9.17) is 9.26 Å². The molecule has 0 radical (unpaired) electrons. The lowest BCUT2D eigenvalue weighted by Gasteiger charge is -2.36. The van der Waals surface area contributed by atoms with Crippen LogP contribution in [0.2, 0.25) is 0 Å². The van der Waals surface area contributed by atoms with E-state index in [2.05, 4.69) is 31.3 Å². The molecular formula is C18H29N5O2. The highest BCUT2D eigenvalue weighted by molar-refractivity contribution is 5.80. The number of nitrogens with zero attached hydrogens (tertiary/aromatic N) is 4. The van der Waals surface area contributed by atoms with E-state index in [1.807, 2.05) is 20.0 Å². The van der Waals surface area contributed by atoms with E-state index in [0.717, 1.165) is 82.7 Å². The second-order valence-corrected chi connectivity index (χ2v) is 6.60. The van der Waals surface area contributed by atoms with E-state index in [0.29, 0.717) is 0 Å². The molecule has 7 heteroatoms. The minimum absolute atomic E-state index is 0.761. The summed E-state index contributed by atoms with van der Waals surface area (Å²) in [5, 5.41) is 7.59. The molecule has 1 aromatic heterocycles. The fraction of sp³-hybridized carbons (Fsp3) is 0.667. The van der Waals surface area contributed by atoms with Crippen molar-refractivity contribution in [2.75, 3.05) is 53.0 Å². The molecule has 138 valence electrons. The minimum Gasteiger partial charge on any atom is -0.377 e. The van der Waals surface area contributed by atoms with Gasteiger partial charge >= 0.3 is 0 Å². The third kappa shape index (κ3) is 5.31. The second kappa shape index (κ2) is 9.01. The number of hydrogen-bond donors (Lipinski definition) is 1. The molecule has 7 nitrogen and oxygen atoms in total. The van der Waals surface area contributed by atoms with Gasteiger partial charge in [-0.25, -0.2) is 0 Å². The Hall–Kier alpha value is -1.86. The van der Waals surface area contributed by atoms with Crippen molar-refractivity contribution in [3.05, 3.63) is 29.2 Å².